The van der Waals surface area contributed by atoms with Crippen LogP contribution < -0.4 is 15.8 Å². The number of hydrogen-bond acceptors (Lipinski definition) is 4. The van der Waals surface area contributed by atoms with E-state index < -0.39 is 5.91 Å². The molecule has 1 heterocycles. The molecule has 3 rings (SSSR count). The number of nitrogens with two attached hydrogens (primary N) is 1. The van der Waals surface area contributed by atoms with Gasteiger partial charge in [0.15, 0.2) is 6.61 Å². The highest BCUT2D eigenvalue weighted by atomic mass is 32.1. The highest BCUT2D eigenvalue weighted by molar-refractivity contribution is 7.17. The molecule has 5 nitrogen and oxygen atoms in total. The van der Waals surface area contributed by atoms with Crippen LogP contribution in [0.5, 0.6) is 5.75 Å². The Balaban J connectivity index is 1.72. The molecule has 6 heteroatoms. The fourth-order valence-electron chi connectivity index (χ4n) is 3.18. The van der Waals surface area contributed by atoms with Gasteiger partial charge in [-0.3, -0.25) is 9.59 Å². The molecule has 0 aliphatic heterocycles. The second kappa shape index (κ2) is 7.70. The van der Waals surface area contributed by atoms with Crippen LogP contribution in [0.25, 0.3) is 0 Å². The normalized spacial score (nSPS) is 16.1. The van der Waals surface area contributed by atoms with E-state index in [1.54, 1.807) is 12.1 Å². The van der Waals surface area contributed by atoms with Gasteiger partial charge in [0.2, 0.25) is 0 Å². The maximum absolute atomic E-state index is 12.2. The number of anilines is 1. The molecule has 2 amide bonds. The van der Waals surface area contributed by atoms with Gasteiger partial charge in [-0.25, -0.2) is 0 Å². The Hall–Kier alpha value is -2.34. The molecule has 1 aliphatic rings. The average molecular weight is 358 g/mol. The van der Waals surface area contributed by atoms with E-state index in [-0.39, 0.29) is 12.5 Å². The largest absolute Gasteiger partial charge is 0.484 e. The fourth-order valence-corrected chi connectivity index (χ4v) is 4.56. The van der Waals surface area contributed by atoms with Crippen LogP contribution in [0.15, 0.2) is 30.3 Å². The summed E-state index contributed by atoms with van der Waals surface area (Å²) in [5.74, 6) is 0.490. The number of fused-ring (bicyclic) bond motifs is 1. The second-order valence-electron chi connectivity index (χ2n) is 6.24. The molecule has 1 atom stereocenters. The molecule has 0 saturated carbocycles. The van der Waals surface area contributed by atoms with Gasteiger partial charge < -0.3 is 15.8 Å². The zero-order valence-corrected chi connectivity index (χ0v) is 15.0. The molecule has 0 bridgehead atoms. The van der Waals surface area contributed by atoms with Crippen molar-refractivity contribution in [1.29, 1.82) is 0 Å². The Labute approximate surface area is 151 Å². The number of rotatable bonds is 6. The van der Waals surface area contributed by atoms with E-state index in [1.807, 2.05) is 18.2 Å². The van der Waals surface area contributed by atoms with Gasteiger partial charge in [-0.05, 0) is 42.9 Å². The van der Waals surface area contributed by atoms with E-state index in [2.05, 4.69) is 12.2 Å². The Morgan fingerprint density at radius 3 is 2.76 bits per heavy atom. The van der Waals surface area contributed by atoms with E-state index in [0.29, 0.717) is 22.2 Å². The summed E-state index contributed by atoms with van der Waals surface area (Å²) in [5.41, 5.74) is 7.07. The van der Waals surface area contributed by atoms with Crippen molar-refractivity contribution >= 4 is 28.2 Å². The summed E-state index contributed by atoms with van der Waals surface area (Å²) in [4.78, 5) is 25.3. The van der Waals surface area contributed by atoms with Gasteiger partial charge in [0.25, 0.3) is 11.8 Å². The van der Waals surface area contributed by atoms with Gasteiger partial charge in [0.05, 0.1) is 5.56 Å². The van der Waals surface area contributed by atoms with Crippen molar-refractivity contribution in [3.8, 4) is 5.75 Å². The summed E-state index contributed by atoms with van der Waals surface area (Å²) in [7, 11) is 0. The molecule has 25 heavy (non-hydrogen) atoms. The number of ether oxygens (including phenoxy) is 1. The maximum Gasteiger partial charge on any atom is 0.262 e. The molecule has 0 fully saturated rings. The van der Waals surface area contributed by atoms with Crippen molar-refractivity contribution in [2.24, 2.45) is 11.7 Å². The lowest BCUT2D eigenvalue weighted by Gasteiger charge is -2.20. The molecule has 0 radical (unpaired) electrons. The summed E-state index contributed by atoms with van der Waals surface area (Å²) in [5, 5.41) is 3.36. The Bertz CT molecular complexity index is 770. The van der Waals surface area contributed by atoms with Crippen LogP contribution in [0.2, 0.25) is 0 Å². The van der Waals surface area contributed by atoms with E-state index in [9.17, 15) is 9.59 Å². The number of carbonyl (C=O) groups excluding carboxylic acids is 2. The molecular weight excluding hydrogens is 336 g/mol. The first kappa shape index (κ1) is 17.5. The summed E-state index contributed by atoms with van der Waals surface area (Å²) in [6, 6.07) is 9.14. The number of benzene rings is 1. The zero-order valence-electron chi connectivity index (χ0n) is 14.2. The van der Waals surface area contributed by atoms with Crippen LogP contribution >= 0.6 is 11.3 Å². The van der Waals surface area contributed by atoms with Crippen LogP contribution in [0.1, 0.15) is 40.6 Å². The molecule has 0 spiro atoms. The fraction of sp³-hybridized carbons (Fsp3) is 0.368. The number of hydrogen-bond donors (Lipinski definition) is 2. The van der Waals surface area contributed by atoms with Gasteiger partial charge in [0.1, 0.15) is 10.8 Å². The lowest BCUT2D eigenvalue weighted by Crippen LogP contribution is -2.22. The van der Waals surface area contributed by atoms with E-state index in [1.165, 1.54) is 16.2 Å². The molecular formula is C19H22N2O3S. The zero-order chi connectivity index (χ0) is 17.8. The minimum atomic E-state index is -0.480. The van der Waals surface area contributed by atoms with Crippen molar-refractivity contribution in [2.75, 3.05) is 11.9 Å². The average Bonchev–Trinajstić information content (AvgIpc) is 2.97. The monoisotopic (exact) mass is 358 g/mol. The molecule has 0 saturated heterocycles. The van der Waals surface area contributed by atoms with Gasteiger partial charge >= 0.3 is 0 Å². The predicted octanol–water partition coefficient (Wildman–Crippen LogP) is 3.38. The van der Waals surface area contributed by atoms with Crippen molar-refractivity contribution < 1.29 is 14.3 Å². The quantitative estimate of drug-likeness (QED) is 0.830. The second-order valence-corrected chi connectivity index (χ2v) is 7.34. The van der Waals surface area contributed by atoms with Crippen LogP contribution in [-0.2, 0) is 17.6 Å². The first-order valence-electron chi connectivity index (χ1n) is 8.50. The Kier molecular flexibility index (Phi) is 5.38. The Morgan fingerprint density at radius 2 is 2.08 bits per heavy atom. The number of para-hydroxylation sites is 1. The van der Waals surface area contributed by atoms with Crippen LogP contribution in [0.4, 0.5) is 5.00 Å². The first-order valence-corrected chi connectivity index (χ1v) is 9.32. The van der Waals surface area contributed by atoms with Gasteiger partial charge in [-0.2, -0.15) is 0 Å². The van der Waals surface area contributed by atoms with Gasteiger partial charge in [-0.15, -0.1) is 11.3 Å². The minimum Gasteiger partial charge on any atom is -0.484 e. The molecule has 2 aromatic rings. The van der Waals surface area contributed by atoms with Crippen molar-refractivity contribution in [3.63, 3.8) is 0 Å². The number of thiophene rings is 1. The smallest absolute Gasteiger partial charge is 0.262 e. The van der Waals surface area contributed by atoms with E-state index in [0.717, 1.165) is 31.2 Å². The van der Waals surface area contributed by atoms with Crippen LogP contribution in [0.3, 0.4) is 0 Å². The molecule has 1 aliphatic carbocycles. The molecule has 1 aromatic heterocycles. The first-order chi connectivity index (χ1) is 12.1. The predicted molar refractivity (Wildman–Crippen MR) is 99.2 cm³/mol. The third kappa shape index (κ3) is 4.02. The van der Waals surface area contributed by atoms with Crippen LogP contribution in [-0.4, -0.2) is 18.4 Å². The van der Waals surface area contributed by atoms with Crippen molar-refractivity contribution in [3.05, 3.63) is 46.3 Å². The number of amides is 2. The summed E-state index contributed by atoms with van der Waals surface area (Å²) in [6.07, 6.45) is 3.98. The van der Waals surface area contributed by atoms with Crippen molar-refractivity contribution in [2.45, 2.75) is 32.6 Å². The maximum atomic E-state index is 12.2. The number of carbonyl (C=O) groups is 2. The molecule has 3 N–H and O–H groups in total. The van der Waals surface area contributed by atoms with Gasteiger partial charge in [-0.1, -0.05) is 31.5 Å². The summed E-state index contributed by atoms with van der Waals surface area (Å²) >= 11 is 1.47. The van der Waals surface area contributed by atoms with Gasteiger partial charge in [0, 0.05) is 4.88 Å². The van der Waals surface area contributed by atoms with Crippen molar-refractivity contribution in [1.82, 2.24) is 0 Å². The highest BCUT2D eigenvalue weighted by Gasteiger charge is 2.28. The van der Waals surface area contributed by atoms with E-state index in [4.69, 9.17) is 10.5 Å². The SMILES string of the molecule is CC[C@H]1CCc2c(sc(NC(=O)COc3ccccc3)c2C(N)=O)C1. The lowest BCUT2D eigenvalue weighted by atomic mass is 9.85. The molecule has 0 unspecified atom stereocenters. The highest BCUT2D eigenvalue weighted by Crippen LogP contribution is 2.40. The number of primary amides is 1. The molecule has 1 aromatic carbocycles. The standard InChI is InChI=1S/C19H22N2O3S/c1-2-12-8-9-14-15(10-12)25-19(17(14)18(20)23)21-16(22)11-24-13-6-4-3-5-7-13/h3-7,12H,2,8-11H2,1H3,(H2,20,23)(H,21,22)/t12-/m0/s1. The minimum absolute atomic E-state index is 0.109. The van der Waals surface area contributed by atoms with Crippen LogP contribution in [0, 0.1) is 5.92 Å². The summed E-state index contributed by atoms with van der Waals surface area (Å²) < 4.78 is 5.45. The molecule has 132 valence electrons. The van der Waals surface area contributed by atoms with E-state index >= 15 is 0 Å². The topological polar surface area (TPSA) is 81.4 Å². The third-order valence-electron chi connectivity index (χ3n) is 4.56. The summed E-state index contributed by atoms with van der Waals surface area (Å²) in [6.45, 7) is 2.07. The number of nitrogens with one attached hydrogen (secondary N) is 1. The third-order valence-corrected chi connectivity index (χ3v) is 5.73. The lowest BCUT2D eigenvalue weighted by molar-refractivity contribution is -0.118. The Morgan fingerprint density at radius 1 is 1.32 bits per heavy atom.